The van der Waals surface area contributed by atoms with Crippen molar-refractivity contribution in [2.75, 3.05) is 18.5 Å². The van der Waals surface area contributed by atoms with Crippen molar-refractivity contribution in [3.63, 3.8) is 0 Å². The Hall–Kier alpha value is -2.98. The summed E-state index contributed by atoms with van der Waals surface area (Å²) in [4.78, 5) is 36.9. The number of nitrogens with zero attached hydrogens (tertiary/aromatic N) is 1. The molecule has 0 radical (unpaired) electrons. The zero-order valence-electron chi connectivity index (χ0n) is 15.5. The number of rotatable bonds is 6. The number of hydrazine groups is 1. The molecule has 0 atom stereocenters. The van der Waals surface area contributed by atoms with E-state index in [1.165, 1.54) is 18.2 Å². The Morgan fingerprint density at radius 1 is 1.17 bits per heavy atom. The molecule has 1 aliphatic carbocycles. The molecular weight excluding hydrogens is 393 g/mol. The van der Waals surface area contributed by atoms with E-state index < -0.39 is 36.2 Å². The highest BCUT2D eigenvalue weighted by Gasteiger charge is 2.52. The van der Waals surface area contributed by atoms with Crippen LogP contribution in [0.2, 0.25) is 0 Å². The molecule has 1 aromatic carbocycles. The molecule has 0 aromatic heterocycles. The molecule has 2 aliphatic rings. The molecule has 29 heavy (non-hydrogen) atoms. The lowest BCUT2D eigenvalue weighted by molar-refractivity contribution is -0.153. The van der Waals surface area contributed by atoms with Gasteiger partial charge in [0.25, 0.3) is 11.8 Å². The fourth-order valence-electron chi connectivity index (χ4n) is 3.45. The Labute approximate surface area is 164 Å². The van der Waals surface area contributed by atoms with Crippen molar-refractivity contribution in [3.05, 3.63) is 24.3 Å². The maximum Gasteiger partial charge on any atom is 0.422 e. The van der Waals surface area contributed by atoms with Gasteiger partial charge in [0.1, 0.15) is 11.3 Å². The van der Waals surface area contributed by atoms with E-state index in [1.54, 1.807) is 6.07 Å². The van der Waals surface area contributed by atoms with Gasteiger partial charge in [0.15, 0.2) is 6.61 Å². The second-order valence-corrected chi connectivity index (χ2v) is 7.00. The van der Waals surface area contributed by atoms with Crippen LogP contribution >= 0.6 is 0 Å². The van der Waals surface area contributed by atoms with Crippen molar-refractivity contribution >= 4 is 23.5 Å². The number of ether oxygens (including phenoxy) is 1. The van der Waals surface area contributed by atoms with Crippen LogP contribution in [0.25, 0.3) is 0 Å². The number of amides is 4. The molecule has 2 fully saturated rings. The molecule has 1 saturated heterocycles. The number of urea groups is 1. The first-order valence-corrected chi connectivity index (χ1v) is 9.19. The van der Waals surface area contributed by atoms with Gasteiger partial charge in [-0.05, 0) is 25.0 Å². The average molecular weight is 414 g/mol. The highest BCUT2D eigenvalue weighted by Crippen LogP contribution is 2.33. The zero-order valence-corrected chi connectivity index (χ0v) is 15.5. The molecule has 1 aromatic rings. The van der Waals surface area contributed by atoms with Gasteiger partial charge in [-0.25, -0.2) is 4.79 Å². The van der Waals surface area contributed by atoms with Gasteiger partial charge in [0, 0.05) is 0 Å². The second-order valence-electron chi connectivity index (χ2n) is 7.00. The SMILES string of the molecule is O=C(CNc1ccccc1OCC(F)(F)F)NN1C(=O)NC2(CCCCC2)C1=O. The lowest BCUT2D eigenvalue weighted by Crippen LogP contribution is -2.51. The monoisotopic (exact) mass is 414 g/mol. The van der Waals surface area contributed by atoms with Crippen LogP contribution in [0.4, 0.5) is 23.7 Å². The lowest BCUT2D eigenvalue weighted by Gasteiger charge is -2.30. The highest BCUT2D eigenvalue weighted by atomic mass is 19.4. The van der Waals surface area contributed by atoms with E-state index in [4.69, 9.17) is 4.74 Å². The summed E-state index contributed by atoms with van der Waals surface area (Å²) in [6.07, 6.45) is -0.855. The maximum absolute atomic E-state index is 12.6. The summed E-state index contributed by atoms with van der Waals surface area (Å²) in [5.74, 6) is -1.27. The topological polar surface area (TPSA) is 99.8 Å². The minimum Gasteiger partial charge on any atom is -0.482 e. The number of nitrogens with one attached hydrogen (secondary N) is 3. The minimum atomic E-state index is -4.50. The third-order valence-corrected chi connectivity index (χ3v) is 4.82. The Kier molecular flexibility index (Phi) is 5.85. The first-order valence-electron chi connectivity index (χ1n) is 9.19. The molecule has 3 N–H and O–H groups in total. The van der Waals surface area contributed by atoms with Crippen molar-refractivity contribution < 1.29 is 32.3 Å². The number of carbonyl (C=O) groups excluding carboxylic acids is 3. The molecule has 0 unspecified atom stereocenters. The van der Waals surface area contributed by atoms with Crippen LogP contribution in [-0.4, -0.2) is 47.7 Å². The molecule has 1 saturated carbocycles. The quantitative estimate of drug-likeness (QED) is 0.621. The number of benzene rings is 1. The van der Waals surface area contributed by atoms with E-state index in [-0.39, 0.29) is 18.0 Å². The normalized spacial score (nSPS) is 18.5. The summed E-state index contributed by atoms with van der Waals surface area (Å²) in [6, 6.07) is 5.14. The summed E-state index contributed by atoms with van der Waals surface area (Å²) in [5.41, 5.74) is 1.46. The van der Waals surface area contributed by atoms with E-state index in [0.717, 1.165) is 19.3 Å². The Morgan fingerprint density at radius 2 is 1.86 bits per heavy atom. The molecule has 0 bridgehead atoms. The van der Waals surface area contributed by atoms with Gasteiger partial charge < -0.3 is 15.4 Å². The van der Waals surface area contributed by atoms with Gasteiger partial charge >= 0.3 is 12.2 Å². The first kappa shape index (κ1) is 20.7. The predicted octanol–water partition coefficient (Wildman–Crippen LogP) is 2.33. The summed E-state index contributed by atoms with van der Waals surface area (Å²) >= 11 is 0. The Morgan fingerprint density at radius 3 is 2.55 bits per heavy atom. The standard InChI is InChI=1S/C18H21F3N4O4/c19-18(20,21)11-29-13-7-3-2-6-12(13)22-10-14(26)24-25-15(27)17(23-16(25)28)8-4-1-5-9-17/h2-3,6-7,22H,1,4-5,8-11H2,(H,23,28)(H,24,26). The van der Waals surface area contributed by atoms with E-state index >= 15 is 0 Å². The van der Waals surface area contributed by atoms with Crippen LogP contribution < -0.4 is 20.8 Å². The van der Waals surface area contributed by atoms with Gasteiger partial charge in [-0.1, -0.05) is 31.4 Å². The molecule has 1 aliphatic heterocycles. The number of halogens is 3. The predicted molar refractivity (Wildman–Crippen MR) is 95.8 cm³/mol. The molecule has 158 valence electrons. The van der Waals surface area contributed by atoms with E-state index in [9.17, 15) is 27.6 Å². The van der Waals surface area contributed by atoms with Gasteiger partial charge in [-0.15, -0.1) is 0 Å². The fourth-order valence-corrected chi connectivity index (χ4v) is 3.45. The average Bonchev–Trinajstić information content (AvgIpc) is 2.89. The van der Waals surface area contributed by atoms with Crippen LogP contribution in [0.5, 0.6) is 5.75 Å². The van der Waals surface area contributed by atoms with Crippen LogP contribution in [-0.2, 0) is 9.59 Å². The van der Waals surface area contributed by atoms with Crippen LogP contribution in [0.1, 0.15) is 32.1 Å². The van der Waals surface area contributed by atoms with Crippen molar-refractivity contribution in [2.24, 2.45) is 0 Å². The van der Waals surface area contributed by atoms with Gasteiger partial charge in [-0.2, -0.15) is 18.2 Å². The van der Waals surface area contributed by atoms with E-state index in [2.05, 4.69) is 16.1 Å². The van der Waals surface area contributed by atoms with Crippen LogP contribution in [0.15, 0.2) is 24.3 Å². The number of imide groups is 1. The van der Waals surface area contributed by atoms with Crippen molar-refractivity contribution in [1.82, 2.24) is 15.8 Å². The fraction of sp³-hybridized carbons (Fsp3) is 0.500. The van der Waals surface area contributed by atoms with Gasteiger partial charge in [0.2, 0.25) is 0 Å². The van der Waals surface area contributed by atoms with Crippen LogP contribution in [0, 0.1) is 0 Å². The van der Waals surface area contributed by atoms with Crippen LogP contribution in [0.3, 0.4) is 0 Å². The summed E-state index contributed by atoms with van der Waals surface area (Å²) in [7, 11) is 0. The molecule has 1 heterocycles. The van der Waals surface area contributed by atoms with E-state index in [1.807, 2.05) is 0 Å². The summed E-state index contributed by atoms with van der Waals surface area (Å²) in [5, 5.41) is 5.98. The largest absolute Gasteiger partial charge is 0.482 e. The Balaban J connectivity index is 1.57. The molecule has 3 rings (SSSR count). The number of alkyl halides is 3. The smallest absolute Gasteiger partial charge is 0.422 e. The first-order chi connectivity index (χ1) is 13.7. The van der Waals surface area contributed by atoms with Crippen molar-refractivity contribution in [3.8, 4) is 5.75 Å². The molecule has 4 amide bonds. The second kappa shape index (κ2) is 8.18. The number of carbonyl (C=O) groups is 3. The number of anilines is 1. The van der Waals surface area contributed by atoms with Crippen molar-refractivity contribution in [1.29, 1.82) is 0 Å². The van der Waals surface area contributed by atoms with E-state index in [0.29, 0.717) is 17.9 Å². The lowest BCUT2D eigenvalue weighted by atomic mass is 9.82. The molecule has 11 heteroatoms. The summed E-state index contributed by atoms with van der Waals surface area (Å²) in [6.45, 7) is -1.85. The Bertz CT molecular complexity index is 794. The zero-order chi connectivity index (χ0) is 21.1. The molecule has 8 nitrogen and oxygen atoms in total. The molecular formula is C18H21F3N4O4. The number of hydrogen-bond donors (Lipinski definition) is 3. The van der Waals surface area contributed by atoms with Gasteiger partial charge in [0.05, 0.1) is 12.2 Å². The minimum absolute atomic E-state index is 0.0752. The third-order valence-electron chi connectivity index (χ3n) is 4.82. The number of hydrogen-bond acceptors (Lipinski definition) is 5. The van der Waals surface area contributed by atoms with Crippen molar-refractivity contribution in [2.45, 2.75) is 43.8 Å². The van der Waals surface area contributed by atoms with Gasteiger partial charge in [-0.3, -0.25) is 15.0 Å². The third kappa shape index (κ3) is 4.90. The number of para-hydroxylation sites is 2. The maximum atomic E-state index is 12.6. The summed E-state index contributed by atoms with van der Waals surface area (Å²) < 4.78 is 41.8. The molecule has 1 spiro atoms. The highest BCUT2D eigenvalue weighted by molar-refractivity contribution is 6.08.